The number of hydrogen-bond donors (Lipinski definition) is 0. The molecule has 112 valence electrons. The first kappa shape index (κ1) is 15.6. The fourth-order valence-corrected chi connectivity index (χ4v) is 2.84. The number of para-hydroxylation sites is 1. The van der Waals surface area contributed by atoms with E-state index in [9.17, 15) is 0 Å². The minimum Gasteiger partial charge on any atom is -0.496 e. The van der Waals surface area contributed by atoms with Gasteiger partial charge in [0.1, 0.15) is 5.75 Å². The molecule has 2 nitrogen and oxygen atoms in total. The summed E-state index contributed by atoms with van der Waals surface area (Å²) in [5, 5.41) is 0. The van der Waals surface area contributed by atoms with Gasteiger partial charge in [-0.05, 0) is 43.0 Å². The van der Waals surface area contributed by atoms with E-state index in [4.69, 9.17) is 9.72 Å². The summed E-state index contributed by atoms with van der Waals surface area (Å²) < 4.78 is 5.55. The van der Waals surface area contributed by atoms with E-state index in [0.29, 0.717) is 0 Å². The number of aryl methyl sites for hydroxylation is 2. The number of hydrogen-bond acceptors (Lipinski definition) is 2. The molecular formula is C19H25NO. The lowest BCUT2D eigenvalue weighted by Crippen LogP contribution is -2.03. The molecule has 0 saturated heterocycles. The summed E-state index contributed by atoms with van der Waals surface area (Å²) in [6, 6.07) is 10.5. The van der Waals surface area contributed by atoms with Crippen molar-refractivity contribution in [2.24, 2.45) is 0 Å². The van der Waals surface area contributed by atoms with Gasteiger partial charge in [-0.2, -0.15) is 0 Å². The van der Waals surface area contributed by atoms with E-state index in [1.807, 2.05) is 12.1 Å². The molecule has 0 saturated carbocycles. The van der Waals surface area contributed by atoms with Crippen LogP contribution in [0.25, 0.3) is 11.1 Å². The molecule has 0 radical (unpaired) electrons. The summed E-state index contributed by atoms with van der Waals surface area (Å²) in [7, 11) is 1.74. The van der Waals surface area contributed by atoms with Gasteiger partial charge in [-0.15, -0.1) is 0 Å². The van der Waals surface area contributed by atoms with Gasteiger partial charge < -0.3 is 4.74 Å². The number of benzene rings is 1. The molecule has 0 N–H and O–H groups in total. The second-order valence-corrected chi connectivity index (χ2v) is 5.44. The Kier molecular flexibility index (Phi) is 5.38. The molecule has 2 rings (SSSR count). The zero-order valence-electron chi connectivity index (χ0n) is 13.6. The van der Waals surface area contributed by atoms with E-state index in [1.54, 1.807) is 7.11 Å². The van der Waals surface area contributed by atoms with Crippen molar-refractivity contribution in [2.75, 3.05) is 7.11 Å². The molecule has 1 aromatic heterocycles. The van der Waals surface area contributed by atoms with E-state index in [0.717, 1.165) is 37.1 Å². The van der Waals surface area contributed by atoms with Gasteiger partial charge in [0, 0.05) is 17.0 Å². The largest absolute Gasteiger partial charge is 0.496 e. The SMILES string of the molecule is CCCc1nc(C)cc(-c2ccccc2OC)c1CCC. The van der Waals surface area contributed by atoms with Crippen molar-refractivity contribution in [2.45, 2.75) is 46.5 Å². The number of rotatable bonds is 6. The molecule has 1 heterocycles. The topological polar surface area (TPSA) is 22.1 Å². The van der Waals surface area contributed by atoms with Crippen LogP contribution in [-0.4, -0.2) is 12.1 Å². The Morgan fingerprint density at radius 3 is 2.38 bits per heavy atom. The van der Waals surface area contributed by atoms with Crippen LogP contribution in [0.5, 0.6) is 5.75 Å². The number of methoxy groups -OCH3 is 1. The average Bonchev–Trinajstić information content (AvgIpc) is 2.50. The van der Waals surface area contributed by atoms with Gasteiger partial charge in [0.25, 0.3) is 0 Å². The summed E-state index contributed by atoms with van der Waals surface area (Å²) in [4.78, 5) is 4.78. The van der Waals surface area contributed by atoms with Gasteiger partial charge >= 0.3 is 0 Å². The predicted octanol–water partition coefficient (Wildman–Crippen LogP) is 4.97. The first-order valence-corrected chi connectivity index (χ1v) is 7.84. The smallest absolute Gasteiger partial charge is 0.126 e. The lowest BCUT2D eigenvalue weighted by molar-refractivity contribution is 0.416. The van der Waals surface area contributed by atoms with E-state index in [-0.39, 0.29) is 0 Å². The first-order valence-electron chi connectivity index (χ1n) is 7.84. The highest BCUT2D eigenvalue weighted by Gasteiger charge is 2.14. The van der Waals surface area contributed by atoms with Crippen LogP contribution in [0, 0.1) is 6.92 Å². The highest BCUT2D eigenvalue weighted by atomic mass is 16.5. The van der Waals surface area contributed by atoms with Crippen LogP contribution in [0.3, 0.4) is 0 Å². The Morgan fingerprint density at radius 2 is 1.71 bits per heavy atom. The highest BCUT2D eigenvalue weighted by molar-refractivity contribution is 5.74. The van der Waals surface area contributed by atoms with E-state index in [1.165, 1.54) is 22.4 Å². The molecule has 0 aliphatic heterocycles. The van der Waals surface area contributed by atoms with Gasteiger partial charge in [0.15, 0.2) is 0 Å². The van der Waals surface area contributed by atoms with Crippen molar-refractivity contribution in [3.63, 3.8) is 0 Å². The second kappa shape index (κ2) is 7.26. The Bertz CT molecular complexity index is 605. The lowest BCUT2D eigenvalue weighted by atomic mass is 9.93. The highest BCUT2D eigenvalue weighted by Crippen LogP contribution is 2.34. The van der Waals surface area contributed by atoms with Gasteiger partial charge in [0.05, 0.1) is 7.11 Å². The van der Waals surface area contributed by atoms with Crippen molar-refractivity contribution in [1.29, 1.82) is 0 Å². The average molecular weight is 283 g/mol. The van der Waals surface area contributed by atoms with Crippen molar-refractivity contribution >= 4 is 0 Å². The fraction of sp³-hybridized carbons (Fsp3) is 0.421. The molecule has 0 bridgehead atoms. The van der Waals surface area contributed by atoms with Gasteiger partial charge in [0.2, 0.25) is 0 Å². The molecule has 21 heavy (non-hydrogen) atoms. The fourth-order valence-electron chi connectivity index (χ4n) is 2.84. The first-order chi connectivity index (χ1) is 10.2. The van der Waals surface area contributed by atoms with E-state index >= 15 is 0 Å². The summed E-state index contributed by atoms with van der Waals surface area (Å²) >= 11 is 0. The number of nitrogens with zero attached hydrogens (tertiary/aromatic N) is 1. The maximum atomic E-state index is 5.55. The predicted molar refractivity (Wildman–Crippen MR) is 89.0 cm³/mol. The molecule has 0 atom stereocenters. The Balaban J connectivity index is 2.65. The van der Waals surface area contributed by atoms with Crippen molar-refractivity contribution in [3.05, 3.63) is 47.3 Å². The lowest BCUT2D eigenvalue weighted by Gasteiger charge is -2.17. The molecule has 0 unspecified atom stereocenters. The summed E-state index contributed by atoms with van der Waals surface area (Å²) in [6.45, 7) is 6.51. The molecule has 0 amide bonds. The van der Waals surface area contributed by atoms with Crippen molar-refractivity contribution < 1.29 is 4.74 Å². The summed E-state index contributed by atoms with van der Waals surface area (Å²) in [5.41, 5.74) is 6.17. The van der Waals surface area contributed by atoms with Crippen LogP contribution in [0.15, 0.2) is 30.3 Å². The molecule has 0 aliphatic carbocycles. The third-order valence-corrected chi connectivity index (χ3v) is 3.72. The monoisotopic (exact) mass is 283 g/mol. The third kappa shape index (κ3) is 3.44. The minimum atomic E-state index is 0.933. The Hall–Kier alpha value is -1.83. The normalized spacial score (nSPS) is 10.7. The summed E-state index contributed by atoms with van der Waals surface area (Å²) in [6.07, 6.45) is 4.36. The van der Waals surface area contributed by atoms with Gasteiger partial charge in [-0.1, -0.05) is 44.9 Å². The van der Waals surface area contributed by atoms with Crippen molar-refractivity contribution in [3.8, 4) is 16.9 Å². The number of pyridine rings is 1. The van der Waals surface area contributed by atoms with Gasteiger partial charge in [-0.25, -0.2) is 0 Å². The van der Waals surface area contributed by atoms with E-state index in [2.05, 4.69) is 39.0 Å². The molecule has 0 aliphatic rings. The molecule has 0 spiro atoms. The number of aromatic nitrogens is 1. The van der Waals surface area contributed by atoms with Crippen LogP contribution >= 0.6 is 0 Å². The third-order valence-electron chi connectivity index (χ3n) is 3.72. The van der Waals surface area contributed by atoms with Crippen LogP contribution in [0.2, 0.25) is 0 Å². The molecule has 2 heteroatoms. The minimum absolute atomic E-state index is 0.933. The molecule has 2 aromatic rings. The Labute approximate surface area is 128 Å². The zero-order valence-corrected chi connectivity index (χ0v) is 13.6. The second-order valence-electron chi connectivity index (χ2n) is 5.44. The zero-order chi connectivity index (χ0) is 15.2. The Morgan fingerprint density at radius 1 is 1.00 bits per heavy atom. The van der Waals surface area contributed by atoms with Crippen LogP contribution < -0.4 is 4.74 Å². The quantitative estimate of drug-likeness (QED) is 0.746. The van der Waals surface area contributed by atoms with Crippen molar-refractivity contribution in [1.82, 2.24) is 4.98 Å². The maximum absolute atomic E-state index is 5.55. The van der Waals surface area contributed by atoms with Crippen LogP contribution in [0.1, 0.15) is 43.6 Å². The van der Waals surface area contributed by atoms with Gasteiger partial charge in [-0.3, -0.25) is 4.98 Å². The maximum Gasteiger partial charge on any atom is 0.126 e. The molecular weight excluding hydrogens is 258 g/mol. The van der Waals surface area contributed by atoms with Crippen LogP contribution in [0.4, 0.5) is 0 Å². The molecule has 1 aromatic carbocycles. The summed E-state index contributed by atoms with van der Waals surface area (Å²) in [5.74, 6) is 0.933. The van der Waals surface area contributed by atoms with Crippen LogP contribution in [-0.2, 0) is 12.8 Å². The molecule has 0 fully saturated rings. The van der Waals surface area contributed by atoms with E-state index < -0.39 is 0 Å². The number of ether oxygens (including phenoxy) is 1. The standard InChI is InChI=1S/C19H25NO/c1-5-9-15-17(13-14(3)20-18(15)10-6-2)16-11-7-8-12-19(16)21-4/h7-8,11-13H,5-6,9-10H2,1-4H3.